The summed E-state index contributed by atoms with van der Waals surface area (Å²) < 4.78 is 32.0. The van der Waals surface area contributed by atoms with Gasteiger partial charge in [-0.25, -0.2) is 13.9 Å². The molecule has 0 aliphatic rings. The number of rotatable bonds is 8. The van der Waals surface area contributed by atoms with E-state index in [1.807, 2.05) is 0 Å². The van der Waals surface area contributed by atoms with Crippen LogP contribution in [0.2, 0.25) is 0 Å². The van der Waals surface area contributed by atoms with Crippen molar-refractivity contribution in [3.05, 3.63) is 60.2 Å². The molecule has 0 saturated carbocycles. The van der Waals surface area contributed by atoms with Gasteiger partial charge in [0.05, 0.1) is 18.6 Å². The van der Waals surface area contributed by atoms with Crippen LogP contribution < -0.4 is 10.2 Å². The van der Waals surface area contributed by atoms with E-state index in [1.54, 1.807) is 30.3 Å². The zero-order valence-corrected chi connectivity index (χ0v) is 14.9. The molecule has 0 spiro atoms. The Hall–Kier alpha value is -2.46. The van der Waals surface area contributed by atoms with Crippen molar-refractivity contribution in [2.45, 2.75) is 17.5 Å². The molecule has 2 aromatic carbocycles. The van der Waals surface area contributed by atoms with Crippen LogP contribution in [0, 0.1) is 0 Å². The van der Waals surface area contributed by atoms with Crippen molar-refractivity contribution in [1.82, 2.24) is 9.79 Å². The number of nitrogens with one attached hydrogen (secondary N) is 1. The second-order valence-corrected chi connectivity index (χ2v) is 7.28. The van der Waals surface area contributed by atoms with Gasteiger partial charge in [0.2, 0.25) is 10.0 Å². The molecular weight excluding hydrogens is 360 g/mol. The standard InChI is InChI=1S/C17H20N2O6S/c1-25-14-7-9-15(10-8-14)26(23,24)19(16(12-20)17(21)18-22)11-13-5-3-2-4-6-13/h2-10,16,20,22H,11-12H2,1H3,(H,18,21)/t16-/m1/s1. The van der Waals surface area contributed by atoms with Crippen molar-refractivity contribution in [3.63, 3.8) is 0 Å². The van der Waals surface area contributed by atoms with Crippen LogP contribution in [0.15, 0.2) is 59.5 Å². The highest BCUT2D eigenvalue weighted by molar-refractivity contribution is 7.89. The van der Waals surface area contributed by atoms with E-state index in [2.05, 4.69) is 0 Å². The summed E-state index contributed by atoms with van der Waals surface area (Å²) in [5.74, 6) is -0.550. The fourth-order valence-corrected chi connectivity index (χ4v) is 3.96. The highest BCUT2D eigenvalue weighted by Crippen LogP contribution is 2.23. The maximum absolute atomic E-state index is 13.1. The van der Waals surface area contributed by atoms with Crippen molar-refractivity contribution >= 4 is 15.9 Å². The smallest absolute Gasteiger partial charge is 0.264 e. The van der Waals surface area contributed by atoms with Crippen LogP contribution in [-0.2, 0) is 21.4 Å². The Kier molecular flexibility index (Phi) is 6.70. The summed E-state index contributed by atoms with van der Waals surface area (Å²) in [6.07, 6.45) is 0. The molecule has 26 heavy (non-hydrogen) atoms. The first-order valence-electron chi connectivity index (χ1n) is 7.68. The molecule has 3 N–H and O–H groups in total. The molecule has 0 heterocycles. The zero-order valence-electron chi connectivity index (χ0n) is 14.1. The number of aliphatic hydroxyl groups excluding tert-OH is 1. The Labute approximate surface area is 151 Å². The molecule has 1 atom stereocenters. The van der Waals surface area contributed by atoms with E-state index in [4.69, 9.17) is 9.94 Å². The average Bonchev–Trinajstić information content (AvgIpc) is 2.68. The molecule has 0 radical (unpaired) electrons. The first-order chi connectivity index (χ1) is 12.4. The van der Waals surface area contributed by atoms with Crippen LogP contribution >= 0.6 is 0 Å². The molecule has 8 nitrogen and oxygen atoms in total. The number of nitrogens with zero attached hydrogens (tertiary/aromatic N) is 1. The predicted molar refractivity (Wildman–Crippen MR) is 93.0 cm³/mol. The molecule has 0 aromatic heterocycles. The number of hydrogen-bond donors (Lipinski definition) is 3. The van der Waals surface area contributed by atoms with E-state index in [0.717, 1.165) is 4.31 Å². The lowest BCUT2D eigenvalue weighted by Crippen LogP contribution is -2.50. The van der Waals surface area contributed by atoms with Crippen molar-refractivity contribution in [1.29, 1.82) is 0 Å². The second kappa shape index (κ2) is 8.77. The van der Waals surface area contributed by atoms with Crippen molar-refractivity contribution in [2.75, 3.05) is 13.7 Å². The van der Waals surface area contributed by atoms with Crippen molar-refractivity contribution < 1.29 is 28.3 Å². The van der Waals surface area contributed by atoms with E-state index in [0.29, 0.717) is 11.3 Å². The number of carbonyl (C=O) groups excluding carboxylic acids is 1. The SMILES string of the molecule is COc1ccc(S(=O)(=O)N(Cc2ccccc2)[C@H](CO)C(=O)NO)cc1. The third-order valence-electron chi connectivity index (χ3n) is 3.78. The maximum atomic E-state index is 13.1. The number of hydroxylamine groups is 1. The lowest BCUT2D eigenvalue weighted by Gasteiger charge is -2.28. The van der Waals surface area contributed by atoms with E-state index < -0.39 is 28.6 Å². The average molecular weight is 380 g/mol. The van der Waals surface area contributed by atoms with Crippen LogP contribution in [-0.4, -0.2) is 48.7 Å². The van der Waals surface area contributed by atoms with E-state index in [9.17, 15) is 18.3 Å². The number of amides is 1. The molecule has 0 aliphatic heterocycles. The molecular formula is C17H20N2O6S. The molecule has 0 aliphatic carbocycles. The summed E-state index contributed by atoms with van der Waals surface area (Å²) in [5.41, 5.74) is 2.02. The number of sulfonamides is 1. The summed E-state index contributed by atoms with van der Waals surface area (Å²) in [6, 6.07) is 12.8. The molecule has 2 aromatic rings. The number of hydrogen-bond acceptors (Lipinski definition) is 6. The minimum atomic E-state index is -4.14. The van der Waals surface area contributed by atoms with Gasteiger partial charge >= 0.3 is 0 Å². The maximum Gasteiger partial charge on any atom is 0.264 e. The van der Waals surface area contributed by atoms with Crippen LogP contribution in [0.3, 0.4) is 0 Å². The zero-order chi connectivity index (χ0) is 19.2. The number of aliphatic hydroxyl groups is 1. The largest absolute Gasteiger partial charge is 0.497 e. The minimum Gasteiger partial charge on any atom is -0.497 e. The van der Waals surface area contributed by atoms with Gasteiger partial charge in [-0.2, -0.15) is 4.31 Å². The number of methoxy groups -OCH3 is 1. The van der Waals surface area contributed by atoms with Crippen molar-refractivity contribution in [3.8, 4) is 5.75 Å². The Morgan fingerprint density at radius 2 is 1.77 bits per heavy atom. The summed E-state index contributed by atoms with van der Waals surface area (Å²) in [7, 11) is -2.69. The first-order valence-corrected chi connectivity index (χ1v) is 9.12. The van der Waals surface area contributed by atoms with E-state index >= 15 is 0 Å². The highest BCUT2D eigenvalue weighted by atomic mass is 32.2. The van der Waals surface area contributed by atoms with Gasteiger partial charge in [-0.1, -0.05) is 30.3 Å². The second-order valence-electron chi connectivity index (χ2n) is 5.39. The van der Waals surface area contributed by atoms with Gasteiger partial charge in [0.1, 0.15) is 11.8 Å². The minimum absolute atomic E-state index is 0.0709. The van der Waals surface area contributed by atoms with Gasteiger partial charge < -0.3 is 9.84 Å². The van der Waals surface area contributed by atoms with Crippen LogP contribution in [0.1, 0.15) is 5.56 Å². The molecule has 2 rings (SSSR count). The molecule has 0 fully saturated rings. The number of ether oxygens (including phenoxy) is 1. The molecule has 9 heteroatoms. The Balaban J connectivity index is 2.47. The monoisotopic (exact) mass is 380 g/mol. The van der Waals surface area contributed by atoms with E-state index in [-0.39, 0.29) is 11.4 Å². The van der Waals surface area contributed by atoms with Gasteiger partial charge in [-0.05, 0) is 29.8 Å². The van der Waals surface area contributed by atoms with Crippen LogP contribution in [0.25, 0.3) is 0 Å². The van der Waals surface area contributed by atoms with Gasteiger partial charge in [-0.3, -0.25) is 10.0 Å². The van der Waals surface area contributed by atoms with Gasteiger partial charge in [0.15, 0.2) is 0 Å². The number of benzene rings is 2. The fourth-order valence-electron chi connectivity index (χ4n) is 2.39. The van der Waals surface area contributed by atoms with Crippen LogP contribution in [0.5, 0.6) is 5.75 Å². The number of carbonyl (C=O) groups is 1. The Bertz CT molecular complexity index is 824. The summed E-state index contributed by atoms with van der Waals surface area (Å²) in [4.78, 5) is 11.8. The highest BCUT2D eigenvalue weighted by Gasteiger charge is 2.35. The fraction of sp³-hybridized carbons (Fsp3) is 0.235. The normalized spacial score (nSPS) is 12.6. The van der Waals surface area contributed by atoms with Gasteiger partial charge in [-0.15, -0.1) is 0 Å². The molecule has 1 amide bonds. The summed E-state index contributed by atoms with van der Waals surface area (Å²) >= 11 is 0. The van der Waals surface area contributed by atoms with E-state index in [1.165, 1.54) is 36.9 Å². The lowest BCUT2D eigenvalue weighted by molar-refractivity contribution is -0.134. The summed E-state index contributed by atoms with van der Waals surface area (Å²) in [6.45, 7) is -0.956. The quantitative estimate of drug-likeness (QED) is 0.460. The Morgan fingerprint density at radius 1 is 1.15 bits per heavy atom. The first kappa shape index (κ1) is 19.9. The Morgan fingerprint density at radius 3 is 2.27 bits per heavy atom. The van der Waals surface area contributed by atoms with Crippen LogP contribution in [0.4, 0.5) is 0 Å². The molecule has 0 bridgehead atoms. The summed E-state index contributed by atoms with van der Waals surface area (Å²) in [5, 5.41) is 18.5. The topological polar surface area (TPSA) is 116 Å². The predicted octanol–water partition coefficient (Wildman–Crippen LogP) is 0.752. The van der Waals surface area contributed by atoms with Crippen molar-refractivity contribution in [2.24, 2.45) is 0 Å². The molecule has 140 valence electrons. The van der Waals surface area contributed by atoms with Gasteiger partial charge in [0.25, 0.3) is 5.91 Å². The van der Waals surface area contributed by atoms with Gasteiger partial charge in [0, 0.05) is 6.54 Å². The third kappa shape index (κ3) is 4.38. The third-order valence-corrected chi connectivity index (χ3v) is 5.65. The molecule has 0 saturated heterocycles. The lowest BCUT2D eigenvalue weighted by atomic mass is 10.2. The molecule has 0 unspecified atom stereocenters.